The van der Waals surface area contributed by atoms with Crippen molar-refractivity contribution in [1.29, 1.82) is 0 Å². The van der Waals surface area contributed by atoms with Gasteiger partial charge in [-0.15, -0.1) is 0 Å². The average molecular weight is 342 g/mol. The summed E-state index contributed by atoms with van der Waals surface area (Å²) in [5.41, 5.74) is -0.190. The molecule has 0 unspecified atom stereocenters. The lowest BCUT2D eigenvalue weighted by molar-refractivity contribution is -0.386. The molecule has 0 aliphatic heterocycles. The van der Waals surface area contributed by atoms with Gasteiger partial charge in [0.05, 0.1) is 4.92 Å². The fraction of sp³-hybridized carbons (Fsp3) is 0.0833. The minimum atomic E-state index is -1.19. The van der Waals surface area contributed by atoms with Gasteiger partial charge >= 0.3 is 11.7 Å². The molecule has 1 aromatic carbocycles. The summed E-state index contributed by atoms with van der Waals surface area (Å²) in [7, 11) is 0. The summed E-state index contributed by atoms with van der Waals surface area (Å²) in [4.78, 5) is 21.0. The zero-order chi connectivity index (χ0) is 14.7. The maximum Gasteiger partial charge on any atom is 0.371 e. The van der Waals surface area contributed by atoms with Gasteiger partial charge in [0.1, 0.15) is 12.4 Å². The van der Waals surface area contributed by atoms with Crippen molar-refractivity contribution in [3.63, 3.8) is 0 Å². The van der Waals surface area contributed by atoms with Crippen molar-refractivity contribution in [1.82, 2.24) is 0 Å². The third-order valence-electron chi connectivity index (χ3n) is 2.36. The lowest BCUT2D eigenvalue weighted by Gasteiger charge is -2.05. The third kappa shape index (κ3) is 3.15. The van der Waals surface area contributed by atoms with Crippen molar-refractivity contribution in [2.75, 3.05) is 0 Å². The van der Waals surface area contributed by atoms with E-state index in [1.54, 1.807) is 6.07 Å². The van der Waals surface area contributed by atoms with Gasteiger partial charge in [-0.05, 0) is 24.3 Å². The Labute approximate surface area is 121 Å². The number of carboxylic acids is 1. The summed E-state index contributed by atoms with van der Waals surface area (Å²) in [6.45, 7) is -0.101. The van der Waals surface area contributed by atoms with E-state index in [2.05, 4.69) is 15.9 Å². The normalized spacial score (nSPS) is 10.2. The molecule has 1 heterocycles. The Morgan fingerprint density at radius 2 is 2.15 bits per heavy atom. The van der Waals surface area contributed by atoms with Crippen molar-refractivity contribution in [3.8, 4) is 5.75 Å². The minimum absolute atomic E-state index is 0.0754. The zero-order valence-electron chi connectivity index (χ0n) is 9.91. The van der Waals surface area contributed by atoms with Crippen LogP contribution in [0, 0.1) is 10.1 Å². The second-order valence-electron chi connectivity index (χ2n) is 3.73. The predicted octanol–water partition coefficient (Wildman–Crippen LogP) is 3.23. The number of carboxylic acid groups (broad SMARTS) is 1. The van der Waals surface area contributed by atoms with Crippen LogP contribution in [0.15, 0.2) is 39.2 Å². The van der Waals surface area contributed by atoms with E-state index in [4.69, 9.17) is 14.3 Å². The second kappa shape index (κ2) is 5.74. The predicted molar refractivity (Wildman–Crippen MR) is 70.8 cm³/mol. The number of hydrogen-bond donors (Lipinski definition) is 1. The first kappa shape index (κ1) is 14.1. The van der Waals surface area contributed by atoms with Crippen LogP contribution in [-0.2, 0) is 6.61 Å². The molecule has 20 heavy (non-hydrogen) atoms. The number of nitrogens with zero attached hydrogens (tertiary/aromatic N) is 1. The number of halogens is 1. The van der Waals surface area contributed by atoms with E-state index in [1.165, 1.54) is 24.3 Å². The summed E-state index contributed by atoms with van der Waals surface area (Å²) >= 11 is 3.14. The van der Waals surface area contributed by atoms with E-state index in [0.29, 0.717) is 4.47 Å². The van der Waals surface area contributed by atoms with Crippen LogP contribution in [0.3, 0.4) is 0 Å². The van der Waals surface area contributed by atoms with Crippen LogP contribution in [0.4, 0.5) is 5.69 Å². The van der Waals surface area contributed by atoms with E-state index >= 15 is 0 Å². The van der Waals surface area contributed by atoms with Gasteiger partial charge in [-0.2, -0.15) is 0 Å². The van der Waals surface area contributed by atoms with Gasteiger partial charge in [0, 0.05) is 10.5 Å². The van der Waals surface area contributed by atoms with Crippen molar-refractivity contribution in [2.24, 2.45) is 0 Å². The topological polar surface area (TPSA) is 103 Å². The number of carbonyl (C=O) groups is 1. The highest BCUT2D eigenvalue weighted by Gasteiger charge is 2.16. The highest BCUT2D eigenvalue weighted by atomic mass is 79.9. The van der Waals surface area contributed by atoms with Gasteiger partial charge < -0.3 is 14.3 Å². The van der Waals surface area contributed by atoms with Gasteiger partial charge in [0.15, 0.2) is 5.75 Å². The van der Waals surface area contributed by atoms with Gasteiger partial charge in [0.2, 0.25) is 5.76 Å². The Hall–Kier alpha value is -2.35. The van der Waals surface area contributed by atoms with Crippen LogP contribution < -0.4 is 4.74 Å². The SMILES string of the molecule is O=C(O)c1ccc(COc2ccc(Br)cc2[N+](=O)[O-])o1. The van der Waals surface area contributed by atoms with Crippen LogP contribution in [0.2, 0.25) is 0 Å². The molecule has 0 saturated carbocycles. The highest BCUT2D eigenvalue weighted by molar-refractivity contribution is 9.10. The largest absolute Gasteiger partial charge is 0.479 e. The number of furan rings is 1. The molecule has 0 fully saturated rings. The smallest absolute Gasteiger partial charge is 0.371 e. The average Bonchev–Trinajstić information content (AvgIpc) is 2.86. The lowest BCUT2D eigenvalue weighted by atomic mass is 10.3. The van der Waals surface area contributed by atoms with E-state index in [0.717, 1.165) is 0 Å². The first-order valence-corrected chi connectivity index (χ1v) is 6.15. The van der Waals surface area contributed by atoms with Crippen LogP contribution in [0.1, 0.15) is 16.3 Å². The molecule has 8 heteroatoms. The maximum absolute atomic E-state index is 10.9. The molecular weight excluding hydrogens is 334 g/mol. The molecule has 0 saturated heterocycles. The second-order valence-corrected chi connectivity index (χ2v) is 4.64. The third-order valence-corrected chi connectivity index (χ3v) is 2.85. The molecule has 0 aliphatic rings. The standard InChI is InChI=1S/C12H8BrNO6/c13-7-1-3-10(9(5-7)14(17)18)19-6-8-2-4-11(20-8)12(15)16/h1-5H,6H2,(H,15,16). The monoisotopic (exact) mass is 341 g/mol. The van der Waals surface area contributed by atoms with E-state index in [9.17, 15) is 14.9 Å². The molecule has 0 amide bonds. The number of rotatable bonds is 5. The number of nitro benzene ring substituents is 1. The van der Waals surface area contributed by atoms with Crippen molar-refractivity contribution in [3.05, 3.63) is 56.4 Å². The van der Waals surface area contributed by atoms with Crippen molar-refractivity contribution in [2.45, 2.75) is 6.61 Å². The van der Waals surface area contributed by atoms with Crippen LogP contribution >= 0.6 is 15.9 Å². The fourth-order valence-corrected chi connectivity index (χ4v) is 1.82. The summed E-state index contributed by atoms with van der Waals surface area (Å²) in [6, 6.07) is 7.10. The highest BCUT2D eigenvalue weighted by Crippen LogP contribution is 2.30. The number of ether oxygens (including phenoxy) is 1. The molecule has 0 spiro atoms. The summed E-state index contributed by atoms with van der Waals surface area (Å²) in [6.07, 6.45) is 0. The molecule has 0 atom stereocenters. The Morgan fingerprint density at radius 3 is 2.75 bits per heavy atom. The van der Waals surface area contributed by atoms with Crippen LogP contribution in [0.25, 0.3) is 0 Å². The summed E-state index contributed by atoms with van der Waals surface area (Å²) in [5.74, 6) is -1.06. The molecule has 0 radical (unpaired) electrons. The number of hydrogen-bond acceptors (Lipinski definition) is 5. The minimum Gasteiger partial charge on any atom is -0.479 e. The quantitative estimate of drug-likeness (QED) is 0.661. The van der Waals surface area contributed by atoms with E-state index < -0.39 is 10.9 Å². The van der Waals surface area contributed by atoms with Crippen LogP contribution in [0.5, 0.6) is 5.75 Å². The van der Waals surface area contributed by atoms with Gasteiger partial charge in [-0.1, -0.05) is 15.9 Å². The van der Waals surface area contributed by atoms with Crippen molar-refractivity contribution >= 4 is 27.6 Å². The Bertz CT molecular complexity index is 666. The molecule has 0 aliphatic carbocycles. The van der Waals surface area contributed by atoms with Crippen molar-refractivity contribution < 1.29 is 24.0 Å². The Kier molecular flexibility index (Phi) is 4.04. The summed E-state index contributed by atoms with van der Waals surface area (Å²) < 4.78 is 10.8. The summed E-state index contributed by atoms with van der Waals surface area (Å²) in [5, 5.41) is 19.6. The van der Waals surface area contributed by atoms with Crippen LogP contribution in [-0.4, -0.2) is 16.0 Å². The molecule has 2 aromatic rings. The molecule has 2 rings (SSSR count). The first-order valence-electron chi connectivity index (χ1n) is 5.36. The molecule has 104 valence electrons. The molecule has 0 bridgehead atoms. The number of benzene rings is 1. The van der Waals surface area contributed by atoms with Gasteiger partial charge in [-0.3, -0.25) is 10.1 Å². The van der Waals surface area contributed by atoms with Gasteiger partial charge in [0.25, 0.3) is 0 Å². The molecule has 1 N–H and O–H groups in total. The fourth-order valence-electron chi connectivity index (χ4n) is 1.47. The van der Waals surface area contributed by atoms with E-state index in [1.807, 2.05) is 0 Å². The molecule has 7 nitrogen and oxygen atoms in total. The molecular formula is C12H8BrNO6. The van der Waals surface area contributed by atoms with E-state index in [-0.39, 0.29) is 29.6 Å². The Balaban J connectivity index is 2.14. The zero-order valence-corrected chi connectivity index (χ0v) is 11.5. The first-order chi connectivity index (χ1) is 9.47. The molecule has 1 aromatic heterocycles. The maximum atomic E-state index is 10.9. The number of nitro groups is 1. The lowest BCUT2D eigenvalue weighted by Crippen LogP contribution is -1.98. The van der Waals surface area contributed by atoms with Gasteiger partial charge in [-0.25, -0.2) is 4.79 Å². The Morgan fingerprint density at radius 1 is 1.40 bits per heavy atom. The number of aromatic carboxylic acids is 1.